The van der Waals surface area contributed by atoms with Crippen molar-refractivity contribution in [2.24, 2.45) is 0 Å². The van der Waals surface area contributed by atoms with Crippen LogP contribution in [0.2, 0.25) is 0 Å². The molecular weight excluding hydrogens is 184 g/mol. The van der Waals surface area contributed by atoms with Gasteiger partial charge < -0.3 is 5.32 Å². The van der Waals surface area contributed by atoms with E-state index in [1.54, 1.807) is 0 Å². The summed E-state index contributed by atoms with van der Waals surface area (Å²) in [6.07, 6.45) is 4.01. The van der Waals surface area contributed by atoms with Gasteiger partial charge in [0, 0.05) is 12.5 Å². The fraction of sp³-hybridized carbons (Fsp3) is 0.538. The summed E-state index contributed by atoms with van der Waals surface area (Å²) in [4.78, 5) is 0. The topological polar surface area (TPSA) is 24.1 Å². The van der Waals surface area contributed by atoms with Gasteiger partial charge in [-0.05, 0) is 24.9 Å². The van der Waals surface area contributed by atoms with Gasteiger partial charge in [-0.3, -0.25) is 5.32 Å². The molecule has 0 unspecified atom stereocenters. The lowest BCUT2D eigenvalue weighted by Gasteiger charge is -2.31. The van der Waals surface area contributed by atoms with Gasteiger partial charge in [0.25, 0.3) is 0 Å². The highest BCUT2D eigenvalue weighted by atomic mass is 15.2. The zero-order valence-electron chi connectivity index (χ0n) is 9.37. The lowest BCUT2D eigenvalue weighted by atomic mass is 10.0. The first kappa shape index (κ1) is 10.7. The van der Waals surface area contributed by atoms with E-state index in [2.05, 4.69) is 47.9 Å². The molecule has 1 aliphatic heterocycles. The SMILES string of the molecule is CC[C@H]1CCN[C@@H](Cc2ccccc2)N1. The molecule has 0 amide bonds. The molecule has 2 heteroatoms. The summed E-state index contributed by atoms with van der Waals surface area (Å²) < 4.78 is 0. The maximum absolute atomic E-state index is 3.64. The fourth-order valence-electron chi connectivity index (χ4n) is 2.16. The Morgan fingerprint density at radius 3 is 2.80 bits per heavy atom. The van der Waals surface area contributed by atoms with E-state index in [-0.39, 0.29) is 0 Å². The Bertz CT molecular complexity index is 284. The van der Waals surface area contributed by atoms with Gasteiger partial charge in [-0.25, -0.2) is 0 Å². The fourth-order valence-corrected chi connectivity index (χ4v) is 2.16. The van der Waals surface area contributed by atoms with Crippen molar-refractivity contribution < 1.29 is 0 Å². The Kier molecular flexibility index (Phi) is 3.75. The molecule has 0 saturated carbocycles. The van der Waals surface area contributed by atoms with E-state index in [1.807, 2.05) is 0 Å². The van der Waals surface area contributed by atoms with Crippen molar-refractivity contribution in [3.63, 3.8) is 0 Å². The van der Waals surface area contributed by atoms with Gasteiger partial charge in [0.15, 0.2) is 0 Å². The maximum Gasteiger partial charge on any atom is 0.0615 e. The molecule has 2 rings (SSSR count). The van der Waals surface area contributed by atoms with E-state index in [9.17, 15) is 0 Å². The van der Waals surface area contributed by atoms with Crippen LogP contribution in [-0.2, 0) is 6.42 Å². The Labute approximate surface area is 92.1 Å². The molecule has 2 atom stereocenters. The third-order valence-corrected chi connectivity index (χ3v) is 3.10. The predicted molar refractivity (Wildman–Crippen MR) is 63.8 cm³/mol. The van der Waals surface area contributed by atoms with Crippen LogP contribution in [0.3, 0.4) is 0 Å². The van der Waals surface area contributed by atoms with Crippen molar-refractivity contribution in [3.8, 4) is 0 Å². The largest absolute Gasteiger partial charge is 0.302 e. The minimum absolute atomic E-state index is 0.450. The van der Waals surface area contributed by atoms with Crippen LogP contribution in [0, 0.1) is 0 Å². The second-order valence-corrected chi connectivity index (χ2v) is 4.26. The van der Waals surface area contributed by atoms with Crippen LogP contribution in [-0.4, -0.2) is 18.8 Å². The van der Waals surface area contributed by atoms with Crippen LogP contribution >= 0.6 is 0 Å². The first-order chi connectivity index (χ1) is 7.38. The maximum atomic E-state index is 3.64. The normalized spacial score (nSPS) is 26.5. The average Bonchev–Trinajstić information content (AvgIpc) is 2.31. The van der Waals surface area contributed by atoms with E-state index >= 15 is 0 Å². The first-order valence-corrected chi connectivity index (χ1v) is 5.92. The standard InChI is InChI=1S/C13H20N2/c1-2-12-8-9-14-13(15-12)10-11-6-4-3-5-7-11/h3-7,12-15H,2,8-10H2,1H3/t12-,13+/m0/s1. The molecular formula is C13H20N2. The van der Waals surface area contributed by atoms with Gasteiger partial charge in [0.2, 0.25) is 0 Å². The second kappa shape index (κ2) is 5.29. The summed E-state index contributed by atoms with van der Waals surface area (Å²) >= 11 is 0. The smallest absolute Gasteiger partial charge is 0.0615 e. The van der Waals surface area contributed by atoms with Crippen molar-refractivity contribution in [2.75, 3.05) is 6.54 Å². The molecule has 0 spiro atoms. The third-order valence-electron chi connectivity index (χ3n) is 3.10. The molecule has 1 aromatic carbocycles. The Morgan fingerprint density at radius 2 is 2.07 bits per heavy atom. The van der Waals surface area contributed by atoms with Gasteiger partial charge in [0.1, 0.15) is 0 Å². The second-order valence-electron chi connectivity index (χ2n) is 4.26. The van der Waals surface area contributed by atoms with Gasteiger partial charge in [-0.15, -0.1) is 0 Å². The number of benzene rings is 1. The van der Waals surface area contributed by atoms with E-state index in [0.29, 0.717) is 12.2 Å². The van der Waals surface area contributed by atoms with Crippen LogP contribution in [0.1, 0.15) is 25.3 Å². The Morgan fingerprint density at radius 1 is 1.27 bits per heavy atom. The zero-order valence-corrected chi connectivity index (χ0v) is 9.37. The molecule has 0 aliphatic carbocycles. The van der Waals surface area contributed by atoms with Gasteiger partial charge >= 0.3 is 0 Å². The highest BCUT2D eigenvalue weighted by Gasteiger charge is 2.18. The number of rotatable bonds is 3. The first-order valence-electron chi connectivity index (χ1n) is 5.92. The molecule has 0 radical (unpaired) electrons. The predicted octanol–water partition coefficient (Wildman–Crippen LogP) is 1.92. The van der Waals surface area contributed by atoms with Crippen molar-refractivity contribution >= 4 is 0 Å². The van der Waals surface area contributed by atoms with E-state index < -0.39 is 0 Å². The van der Waals surface area contributed by atoms with E-state index in [4.69, 9.17) is 0 Å². The molecule has 2 N–H and O–H groups in total. The van der Waals surface area contributed by atoms with Gasteiger partial charge in [0.05, 0.1) is 6.17 Å². The minimum Gasteiger partial charge on any atom is -0.302 e. The van der Waals surface area contributed by atoms with Gasteiger partial charge in [-0.2, -0.15) is 0 Å². The summed E-state index contributed by atoms with van der Waals surface area (Å²) in [5.41, 5.74) is 1.40. The molecule has 0 bridgehead atoms. The van der Waals surface area contributed by atoms with E-state index in [1.165, 1.54) is 18.4 Å². The number of nitrogens with one attached hydrogen (secondary N) is 2. The molecule has 1 heterocycles. The van der Waals surface area contributed by atoms with E-state index in [0.717, 1.165) is 13.0 Å². The summed E-state index contributed by atoms with van der Waals surface area (Å²) in [5, 5.41) is 7.16. The van der Waals surface area contributed by atoms with Crippen LogP contribution in [0.25, 0.3) is 0 Å². The summed E-state index contributed by atoms with van der Waals surface area (Å²) in [5.74, 6) is 0. The number of hydrogen-bond donors (Lipinski definition) is 2. The Hall–Kier alpha value is -0.860. The molecule has 2 nitrogen and oxygen atoms in total. The molecule has 15 heavy (non-hydrogen) atoms. The van der Waals surface area contributed by atoms with Crippen molar-refractivity contribution in [1.29, 1.82) is 0 Å². The monoisotopic (exact) mass is 204 g/mol. The number of hydrogen-bond acceptors (Lipinski definition) is 2. The third kappa shape index (κ3) is 3.05. The molecule has 82 valence electrons. The van der Waals surface area contributed by atoms with Crippen LogP contribution < -0.4 is 10.6 Å². The highest BCUT2D eigenvalue weighted by Crippen LogP contribution is 2.08. The van der Waals surface area contributed by atoms with Crippen molar-refractivity contribution in [3.05, 3.63) is 35.9 Å². The summed E-state index contributed by atoms with van der Waals surface area (Å²) in [6.45, 7) is 3.39. The zero-order chi connectivity index (χ0) is 10.5. The highest BCUT2D eigenvalue weighted by molar-refractivity contribution is 5.15. The molecule has 0 aromatic heterocycles. The average molecular weight is 204 g/mol. The summed E-state index contributed by atoms with van der Waals surface area (Å²) in [7, 11) is 0. The van der Waals surface area contributed by atoms with Crippen LogP contribution in [0.5, 0.6) is 0 Å². The van der Waals surface area contributed by atoms with Crippen LogP contribution in [0.15, 0.2) is 30.3 Å². The van der Waals surface area contributed by atoms with Gasteiger partial charge in [-0.1, -0.05) is 37.3 Å². The van der Waals surface area contributed by atoms with Crippen molar-refractivity contribution in [2.45, 2.75) is 38.4 Å². The molecule has 1 aliphatic rings. The quantitative estimate of drug-likeness (QED) is 0.786. The lowest BCUT2D eigenvalue weighted by Crippen LogP contribution is -2.54. The molecule has 1 saturated heterocycles. The lowest BCUT2D eigenvalue weighted by molar-refractivity contribution is 0.292. The molecule has 1 fully saturated rings. The summed E-state index contributed by atoms with van der Waals surface area (Å²) in [6, 6.07) is 11.4. The minimum atomic E-state index is 0.450. The van der Waals surface area contributed by atoms with Crippen LogP contribution in [0.4, 0.5) is 0 Å². The van der Waals surface area contributed by atoms with Crippen molar-refractivity contribution in [1.82, 2.24) is 10.6 Å². The Balaban J connectivity index is 1.89. The molecule has 1 aromatic rings.